The summed E-state index contributed by atoms with van der Waals surface area (Å²) in [7, 11) is 1.56. The van der Waals surface area contributed by atoms with Gasteiger partial charge in [0.15, 0.2) is 0 Å². The van der Waals surface area contributed by atoms with Crippen molar-refractivity contribution in [3.8, 4) is 5.75 Å². The topological polar surface area (TPSA) is 50.7 Å². The number of ether oxygens (including phenoxy) is 1. The van der Waals surface area contributed by atoms with E-state index in [1.807, 2.05) is 25.1 Å². The first kappa shape index (κ1) is 13.6. The van der Waals surface area contributed by atoms with Crippen molar-refractivity contribution < 1.29 is 9.53 Å². The Morgan fingerprint density at radius 1 is 1.24 bits per heavy atom. The Morgan fingerprint density at radius 3 is 2.81 bits per heavy atom. The van der Waals surface area contributed by atoms with Gasteiger partial charge in [0.1, 0.15) is 17.1 Å². The van der Waals surface area contributed by atoms with Crippen LogP contribution in [0, 0.1) is 6.92 Å². The third kappa shape index (κ3) is 2.38. The minimum atomic E-state index is -0.221. The Morgan fingerprint density at radius 2 is 2.05 bits per heavy atom. The zero-order chi connectivity index (χ0) is 15.0. The third-order valence-corrected chi connectivity index (χ3v) is 3.59. The number of aryl methyl sites for hydroxylation is 1. The molecule has 0 saturated carbocycles. The molecule has 0 fully saturated rings. The smallest absolute Gasteiger partial charge is 0.275 e. The van der Waals surface area contributed by atoms with Gasteiger partial charge in [0.05, 0.1) is 12.8 Å². The summed E-state index contributed by atoms with van der Waals surface area (Å²) in [6.45, 7) is 1.95. The van der Waals surface area contributed by atoms with Crippen LogP contribution in [0.2, 0.25) is 5.02 Å². The largest absolute Gasteiger partial charge is 0.494 e. The lowest BCUT2D eigenvalue weighted by molar-refractivity contribution is -0.110. The first-order valence-electron chi connectivity index (χ1n) is 6.43. The lowest BCUT2D eigenvalue weighted by Gasteiger charge is -2.05. The number of para-hydroxylation sites is 1. The molecule has 1 N–H and O–H groups in total. The van der Waals surface area contributed by atoms with Crippen LogP contribution >= 0.6 is 11.6 Å². The highest BCUT2D eigenvalue weighted by Gasteiger charge is 2.27. The Kier molecular flexibility index (Phi) is 3.39. The van der Waals surface area contributed by atoms with Crippen LogP contribution in [0.5, 0.6) is 5.75 Å². The van der Waals surface area contributed by atoms with Gasteiger partial charge in [0.2, 0.25) is 0 Å². The molecule has 106 valence electrons. The molecular formula is C16H13ClN2O2. The van der Waals surface area contributed by atoms with Gasteiger partial charge in [-0.15, -0.1) is 0 Å². The summed E-state index contributed by atoms with van der Waals surface area (Å²) in [6, 6.07) is 10.8. The lowest BCUT2D eigenvalue weighted by Crippen LogP contribution is -2.14. The van der Waals surface area contributed by atoms with E-state index < -0.39 is 0 Å². The molecule has 3 rings (SSSR count). The van der Waals surface area contributed by atoms with Crippen LogP contribution in [0.1, 0.15) is 11.1 Å². The van der Waals surface area contributed by atoms with Crippen molar-refractivity contribution in [3.63, 3.8) is 0 Å². The zero-order valence-corrected chi connectivity index (χ0v) is 12.4. The molecule has 0 bridgehead atoms. The number of nitrogens with one attached hydrogen (secondary N) is 1. The second-order valence-electron chi connectivity index (χ2n) is 4.73. The number of benzene rings is 2. The number of fused-ring (bicyclic) bond motifs is 1. The molecule has 2 aromatic rings. The van der Waals surface area contributed by atoms with E-state index in [0.717, 1.165) is 16.8 Å². The molecule has 2 aromatic carbocycles. The highest BCUT2D eigenvalue weighted by atomic mass is 35.5. The molecule has 0 radical (unpaired) electrons. The number of nitrogens with zero attached hydrogens (tertiary/aromatic N) is 1. The lowest BCUT2D eigenvalue weighted by atomic mass is 10.1. The number of amides is 1. The van der Waals surface area contributed by atoms with Crippen LogP contribution < -0.4 is 10.1 Å². The monoisotopic (exact) mass is 300 g/mol. The predicted molar refractivity (Wildman–Crippen MR) is 84.0 cm³/mol. The van der Waals surface area contributed by atoms with Gasteiger partial charge in [-0.3, -0.25) is 4.79 Å². The molecule has 1 aliphatic heterocycles. The zero-order valence-electron chi connectivity index (χ0n) is 11.6. The van der Waals surface area contributed by atoms with E-state index in [9.17, 15) is 4.79 Å². The van der Waals surface area contributed by atoms with E-state index in [1.54, 1.807) is 25.3 Å². The quantitative estimate of drug-likeness (QED) is 0.918. The second kappa shape index (κ2) is 5.22. The van der Waals surface area contributed by atoms with E-state index in [4.69, 9.17) is 16.3 Å². The molecule has 21 heavy (non-hydrogen) atoms. The molecule has 1 aliphatic rings. The fourth-order valence-electron chi connectivity index (χ4n) is 2.31. The highest BCUT2D eigenvalue weighted by Crippen LogP contribution is 2.34. The maximum absolute atomic E-state index is 12.2. The molecule has 1 amide bonds. The van der Waals surface area contributed by atoms with Gasteiger partial charge in [-0.2, -0.15) is 0 Å². The van der Waals surface area contributed by atoms with Crippen LogP contribution in [-0.4, -0.2) is 18.7 Å². The Labute approximate surface area is 127 Å². The summed E-state index contributed by atoms with van der Waals surface area (Å²) in [4.78, 5) is 16.6. The van der Waals surface area contributed by atoms with Gasteiger partial charge in [0, 0.05) is 10.6 Å². The SMILES string of the molecule is COc1ccc(Cl)cc1N=C1C(=O)Nc2c(C)cccc21. The summed E-state index contributed by atoms with van der Waals surface area (Å²) in [5.74, 6) is 0.349. The normalized spacial score (nSPS) is 15.0. The molecule has 1 heterocycles. The number of halogens is 1. The first-order chi connectivity index (χ1) is 10.1. The Hall–Kier alpha value is -2.33. The Bertz CT molecular complexity index is 769. The summed E-state index contributed by atoms with van der Waals surface area (Å²) in [6.07, 6.45) is 0. The number of methoxy groups -OCH3 is 1. The van der Waals surface area contributed by atoms with Gasteiger partial charge in [-0.25, -0.2) is 4.99 Å². The fraction of sp³-hybridized carbons (Fsp3) is 0.125. The first-order valence-corrected chi connectivity index (χ1v) is 6.81. The molecular weight excluding hydrogens is 288 g/mol. The number of aliphatic imine (C=N–C) groups is 1. The van der Waals surface area contributed by atoms with Crippen molar-refractivity contribution in [1.29, 1.82) is 0 Å². The predicted octanol–water partition coefficient (Wildman–Crippen LogP) is 3.73. The van der Waals surface area contributed by atoms with E-state index in [0.29, 0.717) is 22.2 Å². The van der Waals surface area contributed by atoms with Crippen molar-refractivity contribution in [3.05, 3.63) is 52.5 Å². The van der Waals surface area contributed by atoms with Crippen molar-refractivity contribution in [1.82, 2.24) is 0 Å². The maximum atomic E-state index is 12.2. The highest BCUT2D eigenvalue weighted by molar-refractivity contribution is 6.54. The van der Waals surface area contributed by atoms with Crippen LogP contribution in [-0.2, 0) is 4.79 Å². The van der Waals surface area contributed by atoms with Crippen molar-refractivity contribution in [2.45, 2.75) is 6.92 Å². The van der Waals surface area contributed by atoms with Crippen molar-refractivity contribution >= 4 is 34.6 Å². The van der Waals surface area contributed by atoms with Gasteiger partial charge in [-0.1, -0.05) is 29.8 Å². The molecule has 0 spiro atoms. The summed E-state index contributed by atoms with van der Waals surface area (Å²) in [5, 5.41) is 3.38. The number of hydrogen-bond acceptors (Lipinski definition) is 3. The van der Waals surface area contributed by atoms with Gasteiger partial charge in [-0.05, 0) is 30.7 Å². The van der Waals surface area contributed by atoms with Crippen molar-refractivity contribution in [2.24, 2.45) is 4.99 Å². The minimum absolute atomic E-state index is 0.221. The molecule has 4 nitrogen and oxygen atoms in total. The van der Waals surface area contributed by atoms with Crippen LogP contribution in [0.4, 0.5) is 11.4 Å². The van der Waals surface area contributed by atoms with E-state index in [-0.39, 0.29) is 5.91 Å². The van der Waals surface area contributed by atoms with Crippen LogP contribution in [0.15, 0.2) is 41.4 Å². The molecule has 0 saturated heterocycles. The molecule has 0 atom stereocenters. The van der Waals surface area contributed by atoms with Crippen molar-refractivity contribution in [2.75, 3.05) is 12.4 Å². The minimum Gasteiger partial charge on any atom is -0.494 e. The average Bonchev–Trinajstić information content (AvgIpc) is 2.78. The number of rotatable bonds is 2. The fourth-order valence-corrected chi connectivity index (χ4v) is 2.47. The molecule has 0 aromatic heterocycles. The van der Waals surface area contributed by atoms with Gasteiger partial charge >= 0.3 is 0 Å². The van der Waals surface area contributed by atoms with Gasteiger partial charge in [0.25, 0.3) is 5.91 Å². The van der Waals surface area contributed by atoms with E-state index in [1.165, 1.54) is 0 Å². The molecule has 0 unspecified atom stereocenters. The number of carbonyl (C=O) groups excluding carboxylic acids is 1. The van der Waals surface area contributed by atoms with E-state index >= 15 is 0 Å². The number of anilines is 1. The van der Waals surface area contributed by atoms with Crippen LogP contribution in [0.3, 0.4) is 0 Å². The summed E-state index contributed by atoms with van der Waals surface area (Å²) < 4.78 is 5.26. The summed E-state index contributed by atoms with van der Waals surface area (Å²) in [5.41, 5.74) is 3.51. The number of carbonyl (C=O) groups is 1. The molecule has 0 aliphatic carbocycles. The Balaban J connectivity index is 2.16. The van der Waals surface area contributed by atoms with Gasteiger partial charge < -0.3 is 10.1 Å². The molecule has 5 heteroatoms. The summed E-state index contributed by atoms with van der Waals surface area (Å²) >= 11 is 6.00. The second-order valence-corrected chi connectivity index (χ2v) is 5.16. The van der Waals surface area contributed by atoms with Crippen LogP contribution in [0.25, 0.3) is 0 Å². The number of hydrogen-bond donors (Lipinski definition) is 1. The standard InChI is InChI=1S/C16H13ClN2O2/c1-9-4-3-5-11-14(9)19-16(20)15(11)18-12-8-10(17)6-7-13(12)21-2/h3-8H,1-2H3,(H,18,19,20). The third-order valence-electron chi connectivity index (χ3n) is 3.35. The maximum Gasteiger partial charge on any atom is 0.275 e. The average molecular weight is 301 g/mol. The van der Waals surface area contributed by atoms with E-state index in [2.05, 4.69) is 10.3 Å².